The average Bonchev–Trinajstić information content (AvgIpc) is 3.27. The van der Waals surface area contributed by atoms with Crippen LogP contribution < -0.4 is 14.4 Å². The van der Waals surface area contributed by atoms with Crippen LogP contribution in [0.2, 0.25) is 0 Å². The Morgan fingerprint density at radius 2 is 1.47 bits per heavy atom. The highest BCUT2D eigenvalue weighted by Crippen LogP contribution is 2.53. The van der Waals surface area contributed by atoms with Crippen molar-refractivity contribution in [3.8, 4) is 11.5 Å². The number of hydrogen-bond acceptors (Lipinski definition) is 9. The first-order valence-electron chi connectivity index (χ1n) is 22.3. The number of hydrogen-bond donors (Lipinski definition) is 0. The maximum Gasteiger partial charge on any atom is 0.416 e. The van der Waals surface area contributed by atoms with Crippen LogP contribution in [-0.4, -0.2) is 66.7 Å². The number of pyridine rings is 1. The molecule has 2 aliphatic heterocycles. The Balaban J connectivity index is 1.13. The van der Waals surface area contributed by atoms with Gasteiger partial charge in [0, 0.05) is 54.6 Å². The lowest BCUT2D eigenvalue weighted by Gasteiger charge is -2.42. The van der Waals surface area contributed by atoms with Gasteiger partial charge < -0.3 is 28.6 Å². The van der Waals surface area contributed by atoms with Crippen LogP contribution in [-0.2, 0) is 33.4 Å². The van der Waals surface area contributed by atoms with Crippen molar-refractivity contribution in [2.75, 3.05) is 44.9 Å². The lowest BCUT2D eigenvalue weighted by molar-refractivity contribution is -0.264. The van der Waals surface area contributed by atoms with Gasteiger partial charge in [0.15, 0.2) is 17.7 Å². The molecule has 4 heterocycles. The number of halogens is 6. The third-order valence-electron chi connectivity index (χ3n) is 13.2. The SMILES string of the molecule is COc1ccc(CO[C@H]2CC(C)(C)Cc3nc(C4CCN(c5ncc(OCC6COC(C)(C)OC6)cn5)CC4)c([C@@H](F)c4ccc(C(F)(F)F)cc4)c(C4CCC(F)(F)CC4)c32)cc1. The highest BCUT2D eigenvalue weighted by atomic mass is 19.4. The highest BCUT2D eigenvalue weighted by molar-refractivity contribution is 5.51. The van der Waals surface area contributed by atoms with E-state index >= 15 is 4.39 Å². The van der Waals surface area contributed by atoms with Crippen molar-refractivity contribution in [3.05, 3.63) is 106 Å². The van der Waals surface area contributed by atoms with Gasteiger partial charge in [-0.05, 0) is 105 Å². The second kappa shape index (κ2) is 18.4. The summed E-state index contributed by atoms with van der Waals surface area (Å²) >= 11 is 0. The molecule has 0 unspecified atom stereocenters. The number of aromatic nitrogens is 3. The zero-order valence-electron chi connectivity index (χ0n) is 37.2. The van der Waals surface area contributed by atoms with E-state index in [0.29, 0.717) is 87.3 Å². The molecule has 0 bridgehead atoms. The number of nitrogens with zero attached hydrogens (tertiary/aromatic N) is 4. The molecule has 15 heteroatoms. The predicted octanol–water partition coefficient (Wildman–Crippen LogP) is 11.6. The number of rotatable bonds is 12. The van der Waals surface area contributed by atoms with Gasteiger partial charge in [0.05, 0.1) is 63.3 Å². The maximum atomic E-state index is 17.9. The van der Waals surface area contributed by atoms with E-state index in [0.717, 1.165) is 29.0 Å². The first-order valence-corrected chi connectivity index (χ1v) is 22.3. The van der Waals surface area contributed by atoms with Crippen molar-refractivity contribution in [1.82, 2.24) is 15.0 Å². The van der Waals surface area contributed by atoms with Crippen LogP contribution in [0.5, 0.6) is 11.5 Å². The molecule has 2 aliphatic carbocycles. The van der Waals surface area contributed by atoms with E-state index in [1.54, 1.807) is 19.5 Å². The minimum Gasteiger partial charge on any atom is -0.497 e. The molecule has 9 nitrogen and oxygen atoms in total. The van der Waals surface area contributed by atoms with Crippen molar-refractivity contribution in [1.29, 1.82) is 0 Å². The number of benzene rings is 2. The fourth-order valence-electron chi connectivity index (χ4n) is 9.68. The zero-order chi connectivity index (χ0) is 45.4. The Morgan fingerprint density at radius 3 is 2.08 bits per heavy atom. The molecule has 8 rings (SSSR count). The van der Waals surface area contributed by atoms with E-state index in [-0.39, 0.29) is 60.7 Å². The van der Waals surface area contributed by atoms with Crippen LogP contribution in [0.1, 0.15) is 142 Å². The molecule has 2 atom stereocenters. The molecule has 2 aromatic heterocycles. The molecule has 4 aliphatic rings. The van der Waals surface area contributed by atoms with E-state index < -0.39 is 41.6 Å². The molecule has 3 fully saturated rings. The van der Waals surface area contributed by atoms with E-state index in [9.17, 15) is 22.0 Å². The van der Waals surface area contributed by atoms with Gasteiger partial charge in [-0.2, -0.15) is 13.2 Å². The van der Waals surface area contributed by atoms with Crippen molar-refractivity contribution >= 4 is 5.95 Å². The van der Waals surface area contributed by atoms with Crippen molar-refractivity contribution < 1.29 is 50.0 Å². The molecule has 2 saturated heterocycles. The third kappa shape index (κ3) is 10.6. The second-order valence-corrected chi connectivity index (χ2v) is 19.2. The molecule has 2 aromatic carbocycles. The first-order chi connectivity index (χ1) is 30.4. The molecule has 0 amide bonds. The Kier molecular flexibility index (Phi) is 13.3. The van der Waals surface area contributed by atoms with Gasteiger partial charge in [0.1, 0.15) is 5.75 Å². The molecular weight excluding hydrogens is 839 g/mol. The summed E-state index contributed by atoms with van der Waals surface area (Å²) in [4.78, 5) is 16.6. The fourth-order valence-corrected chi connectivity index (χ4v) is 9.68. The van der Waals surface area contributed by atoms with Crippen molar-refractivity contribution in [2.45, 2.75) is 128 Å². The summed E-state index contributed by atoms with van der Waals surface area (Å²) in [6.07, 6.45) is -1.96. The normalized spacial score (nSPS) is 22.2. The smallest absolute Gasteiger partial charge is 0.416 e. The molecule has 1 saturated carbocycles. The molecule has 0 N–H and O–H groups in total. The topological polar surface area (TPSA) is 88.1 Å². The molecule has 4 aromatic rings. The third-order valence-corrected chi connectivity index (χ3v) is 13.2. The van der Waals surface area contributed by atoms with Crippen LogP contribution in [0.4, 0.5) is 32.3 Å². The summed E-state index contributed by atoms with van der Waals surface area (Å²) in [5.74, 6) is -2.34. The van der Waals surface area contributed by atoms with Crippen LogP contribution in [0.3, 0.4) is 0 Å². The van der Waals surface area contributed by atoms with Crippen molar-refractivity contribution in [3.63, 3.8) is 0 Å². The van der Waals surface area contributed by atoms with Crippen LogP contribution in [0, 0.1) is 11.3 Å². The molecule has 0 spiro atoms. The largest absolute Gasteiger partial charge is 0.497 e. The molecule has 346 valence electrons. The summed E-state index contributed by atoms with van der Waals surface area (Å²) in [6, 6.07) is 11.7. The van der Waals surface area contributed by atoms with Gasteiger partial charge in [-0.3, -0.25) is 4.98 Å². The van der Waals surface area contributed by atoms with Gasteiger partial charge >= 0.3 is 6.18 Å². The van der Waals surface area contributed by atoms with E-state index in [1.165, 1.54) is 12.1 Å². The minimum absolute atomic E-state index is 0.0470. The maximum absolute atomic E-state index is 17.9. The minimum atomic E-state index is -4.61. The van der Waals surface area contributed by atoms with Crippen LogP contribution in [0.15, 0.2) is 60.9 Å². The van der Waals surface area contributed by atoms with Gasteiger partial charge in [0.2, 0.25) is 11.9 Å². The lowest BCUT2D eigenvalue weighted by atomic mass is 9.68. The van der Waals surface area contributed by atoms with Gasteiger partial charge in [-0.25, -0.2) is 23.1 Å². The quantitative estimate of drug-likeness (QED) is 0.129. The van der Waals surface area contributed by atoms with Gasteiger partial charge in [-0.1, -0.05) is 38.1 Å². The Bertz CT molecular complexity index is 2190. The Morgan fingerprint density at radius 1 is 0.828 bits per heavy atom. The number of anilines is 1. The van der Waals surface area contributed by atoms with E-state index in [4.69, 9.17) is 28.7 Å². The lowest BCUT2D eigenvalue weighted by Crippen LogP contribution is -2.41. The number of methoxy groups -OCH3 is 1. The Labute approximate surface area is 371 Å². The fraction of sp³-hybridized carbons (Fsp3) is 0.571. The number of piperidine rings is 1. The summed E-state index contributed by atoms with van der Waals surface area (Å²) < 4.78 is 118. The second-order valence-electron chi connectivity index (χ2n) is 19.2. The van der Waals surface area contributed by atoms with Gasteiger partial charge in [-0.15, -0.1) is 0 Å². The summed E-state index contributed by atoms with van der Waals surface area (Å²) in [5, 5.41) is 0. The van der Waals surface area contributed by atoms with E-state index in [1.807, 2.05) is 38.1 Å². The van der Waals surface area contributed by atoms with E-state index in [2.05, 4.69) is 28.7 Å². The van der Waals surface area contributed by atoms with Crippen LogP contribution in [0.25, 0.3) is 0 Å². The summed E-state index contributed by atoms with van der Waals surface area (Å²) in [5.41, 5.74) is 2.73. The van der Waals surface area contributed by atoms with Crippen molar-refractivity contribution in [2.24, 2.45) is 11.3 Å². The summed E-state index contributed by atoms with van der Waals surface area (Å²) in [7, 11) is 1.59. The monoisotopic (exact) mass is 896 g/mol. The first kappa shape index (κ1) is 46.1. The highest BCUT2D eigenvalue weighted by Gasteiger charge is 2.44. The summed E-state index contributed by atoms with van der Waals surface area (Å²) in [6.45, 7) is 10.7. The number of alkyl halides is 6. The Hall–Kier alpha value is -4.47. The molecule has 0 radical (unpaired) electrons. The molecule has 64 heavy (non-hydrogen) atoms. The standard InChI is InChI=1S/C49H58F6N4O5/c1-46(2)22-38-41(39(23-46)62-26-30-6-12-36(60-5)13-7-30)40(32-14-18-48(51,52)19-15-32)42(43(50)33-8-10-35(11-9-33)49(53,54)55)44(58-38)34-16-20-59(21-17-34)45-56-24-37(25-57-45)61-27-31-28-63-47(3,4)64-29-31/h6-13,24-25,31-32,34,39,43H,14-23,26-29H2,1-5H3/t39-,43-/m0/s1. The zero-order valence-corrected chi connectivity index (χ0v) is 37.2. The van der Waals surface area contributed by atoms with Gasteiger partial charge in [0.25, 0.3) is 0 Å². The molecular formula is C49H58F6N4O5. The number of fused-ring (bicyclic) bond motifs is 1. The predicted molar refractivity (Wildman–Crippen MR) is 229 cm³/mol. The van der Waals surface area contributed by atoms with Crippen LogP contribution >= 0.6 is 0 Å². The average molecular weight is 897 g/mol. The number of ether oxygens (including phenoxy) is 5.